The number of pyridine rings is 1. The zero-order chi connectivity index (χ0) is 12.5. The van der Waals surface area contributed by atoms with E-state index in [1.54, 1.807) is 0 Å². The van der Waals surface area contributed by atoms with Crippen LogP contribution in [0.2, 0.25) is 0 Å². The number of aryl methyl sites for hydroxylation is 1. The fourth-order valence-corrected chi connectivity index (χ4v) is 3.37. The van der Waals surface area contributed by atoms with Crippen LogP contribution in [0.25, 0.3) is 0 Å². The van der Waals surface area contributed by atoms with E-state index in [0.29, 0.717) is 18.0 Å². The van der Waals surface area contributed by atoms with Crippen LogP contribution in [-0.4, -0.2) is 30.3 Å². The highest BCUT2D eigenvalue weighted by Crippen LogP contribution is 2.35. The lowest BCUT2D eigenvalue weighted by Gasteiger charge is -2.40. The van der Waals surface area contributed by atoms with Crippen LogP contribution in [0.15, 0.2) is 12.3 Å². The molecule has 0 N–H and O–H groups in total. The van der Waals surface area contributed by atoms with Gasteiger partial charge in [0.05, 0.1) is 24.6 Å². The van der Waals surface area contributed by atoms with E-state index in [4.69, 9.17) is 16.3 Å². The quantitative estimate of drug-likeness (QED) is 0.770. The van der Waals surface area contributed by atoms with Crippen molar-refractivity contribution in [3.8, 4) is 0 Å². The van der Waals surface area contributed by atoms with Gasteiger partial charge in [-0.05, 0) is 32.3 Å². The van der Waals surface area contributed by atoms with E-state index in [2.05, 4.69) is 16.0 Å². The zero-order valence-corrected chi connectivity index (χ0v) is 11.5. The standard InChI is InChI=1S/C14H19ClN2O/c1-10-7-13(11(8-15)9-16-10)17-5-6-18-14-4-2-3-12(14)17/h7,9,12,14H,2-6,8H2,1H3. The summed E-state index contributed by atoms with van der Waals surface area (Å²) in [6.45, 7) is 3.83. The van der Waals surface area contributed by atoms with Gasteiger partial charge in [-0.25, -0.2) is 0 Å². The summed E-state index contributed by atoms with van der Waals surface area (Å²) in [5.74, 6) is 0.525. The van der Waals surface area contributed by atoms with Gasteiger partial charge in [0.1, 0.15) is 0 Å². The minimum Gasteiger partial charge on any atom is -0.374 e. The highest BCUT2D eigenvalue weighted by atomic mass is 35.5. The first-order valence-corrected chi connectivity index (χ1v) is 7.23. The van der Waals surface area contributed by atoms with Crippen molar-refractivity contribution in [2.45, 2.75) is 44.2 Å². The fourth-order valence-electron chi connectivity index (χ4n) is 3.17. The van der Waals surface area contributed by atoms with Crippen LogP contribution >= 0.6 is 11.6 Å². The summed E-state index contributed by atoms with van der Waals surface area (Å²) in [5, 5.41) is 0. The Labute approximate surface area is 113 Å². The van der Waals surface area contributed by atoms with Crippen LogP contribution in [0.5, 0.6) is 0 Å². The monoisotopic (exact) mass is 266 g/mol. The lowest BCUT2D eigenvalue weighted by molar-refractivity contribution is 0.0256. The van der Waals surface area contributed by atoms with Crippen molar-refractivity contribution in [1.29, 1.82) is 0 Å². The molecule has 1 aliphatic carbocycles. The molecule has 1 saturated heterocycles. The van der Waals surface area contributed by atoms with Crippen LogP contribution in [0, 0.1) is 6.92 Å². The molecule has 1 aromatic rings. The molecule has 2 heterocycles. The summed E-state index contributed by atoms with van der Waals surface area (Å²) in [7, 11) is 0. The van der Waals surface area contributed by atoms with Crippen LogP contribution in [-0.2, 0) is 10.6 Å². The summed E-state index contributed by atoms with van der Waals surface area (Å²) >= 11 is 6.05. The Kier molecular flexibility index (Phi) is 3.44. The second-order valence-electron chi connectivity index (χ2n) is 5.19. The molecule has 1 saturated carbocycles. The van der Waals surface area contributed by atoms with Crippen molar-refractivity contribution in [1.82, 2.24) is 4.98 Å². The molecule has 0 bridgehead atoms. The largest absolute Gasteiger partial charge is 0.374 e. The van der Waals surface area contributed by atoms with E-state index in [1.165, 1.54) is 24.9 Å². The maximum atomic E-state index is 6.05. The maximum Gasteiger partial charge on any atom is 0.0779 e. The molecule has 0 amide bonds. The number of nitrogens with zero attached hydrogens (tertiary/aromatic N) is 2. The molecule has 1 aliphatic heterocycles. The molecule has 18 heavy (non-hydrogen) atoms. The topological polar surface area (TPSA) is 25.4 Å². The molecule has 0 spiro atoms. The normalized spacial score (nSPS) is 27.3. The number of fused-ring (bicyclic) bond motifs is 1. The number of ether oxygens (including phenoxy) is 1. The number of halogens is 1. The molecule has 2 fully saturated rings. The third-order valence-corrected chi connectivity index (χ3v) is 4.32. The predicted molar refractivity (Wildman–Crippen MR) is 73.3 cm³/mol. The summed E-state index contributed by atoms with van der Waals surface area (Å²) in [5.41, 5.74) is 3.45. The Bertz CT molecular complexity index is 438. The molecule has 0 aromatic carbocycles. The molecule has 2 unspecified atom stereocenters. The van der Waals surface area contributed by atoms with Gasteiger partial charge < -0.3 is 9.64 Å². The van der Waals surface area contributed by atoms with Crippen molar-refractivity contribution in [2.75, 3.05) is 18.1 Å². The average Bonchev–Trinajstić information content (AvgIpc) is 2.86. The van der Waals surface area contributed by atoms with Gasteiger partial charge in [-0.2, -0.15) is 0 Å². The van der Waals surface area contributed by atoms with Gasteiger partial charge in [0, 0.05) is 29.7 Å². The summed E-state index contributed by atoms with van der Waals surface area (Å²) in [4.78, 5) is 6.84. The fraction of sp³-hybridized carbons (Fsp3) is 0.643. The number of aromatic nitrogens is 1. The van der Waals surface area contributed by atoms with Gasteiger partial charge in [0.15, 0.2) is 0 Å². The molecule has 4 heteroatoms. The number of rotatable bonds is 2. The molecule has 0 radical (unpaired) electrons. The number of anilines is 1. The maximum absolute atomic E-state index is 6.05. The van der Waals surface area contributed by atoms with Gasteiger partial charge in [-0.1, -0.05) is 0 Å². The average molecular weight is 267 g/mol. The minimum atomic E-state index is 0.412. The van der Waals surface area contributed by atoms with Gasteiger partial charge in [-0.15, -0.1) is 11.6 Å². The zero-order valence-electron chi connectivity index (χ0n) is 10.7. The number of hydrogen-bond acceptors (Lipinski definition) is 3. The van der Waals surface area contributed by atoms with Gasteiger partial charge >= 0.3 is 0 Å². The Morgan fingerprint density at radius 2 is 2.39 bits per heavy atom. The van der Waals surface area contributed by atoms with E-state index in [9.17, 15) is 0 Å². The van der Waals surface area contributed by atoms with Crippen molar-refractivity contribution in [2.24, 2.45) is 0 Å². The summed E-state index contributed by atoms with van der Waals surface area (Å²) < 4.78 is 5.87. The SMILES string of the molecule is Cc1cc(N2CCOC3CCCC32)c(CCl)cn1. The van der Waals surface area contributed by atoms with Gasteiger partial charge in [0.2, 0.25) is 0 Å². The first-order valence-electron chi connectivity index (χ1n) is 6.69. The van der Waals surface area contributed by atoms with Crippen molar-refractivity contribution < 1.29 is 4.74 Å². The number of morpholine rings is 1. The molecule has 2 atom stereocenters. The minimum absolute atomic E-state index is 0.412. The predicted octanol–water partition coefficient (Wildman–Crippen LogP) is 2.89. The van der Waals surface area contributed by atoms with Crippen molar-refractivity contribution in [3.05, 3.63) is 23.5 Å². The van der Waals surface area contributed by atoms with Gasteiger partial charge in [0.25, 0.3) is 0 Å². The highest BCUT2D eigenvalue weighted by Gasteiger charge is 2.36. The second kappa shape index (κ2) is 5.06. The molecular formula is C14H19ClN2O. The lowest BCUT2D eigenvalue weighted by atomic mass is 10.1. The van der Waals surface area contributed by atoms with Crippen molar-refractivity contribution in [3.63, 3.8) is 0 Å². The van der Waals surface area contributed by atoms with E-state index in [-0.39, 0.29) is 0 Å². The van der Waals surface area contributed by atoms with Crippen LogP contribution in [0.1, 0.15) is 30.5 Å². The van der Waals surface area contributed by atoms with Gasteiger partial charge in [-0.3, -0.25) is 4.98 Å². The van der Waals surface area contributed by atoms with Crippen LogP contribution in [0.3, 0.4) is 0 Å². The first kappa shape index (κ1) is 12.2. The molecule has 3 rings (SSSR count). The molecule has 1 aromatic heterocycles. The van der Waals surface area contributed by atoms with E-state index in [0.717, 1.165) is 24.4 Å². The number of hydrogen-bond donors (Lipinski definition) is 0. The Morgan fingerprint density at radius 1 is 1.50 bits per heavy atom. The van der Waals surface area contributed by atoms with Crippen molar-refractivity contribution >= 4 is 17.3 Å². The Hall–Kier alpha value is -0.800. The van der Waals surface area contributed by atoms with Crippen LogP contribution in [0.4, 0.5) is 5.69 Å². The highest BCUT2D eigenvalue weighted by molar-refractivity contribution is 6.17. The Morgan fingerprint density at radius 3 is 3.22 bits per heavy atom. The first-order chi connectivity index (χ1) is 8.79. The molecule has 3 nitrogen and oxygen atoms in total. The van der Waals surface area contributed by atoms with Crippen LogP contribution < -0.4 is 4.90 Å². The second-order valence-corrected chi connectivity index (χ2v) is 5.46. The third-order valence-electron chi connectivity index (χ3n) is 4.03. The van der Waals surface area contributed by atoms with E-state index in [1.807, 2.05) is 13.1 Å². The Balaban J connectivity index is 1.95. The smallest absolute Gasteiger partial charge is 0.0779 e. The lowest BCUT2D eigenvalue weighted by Crippen LogP contribution is -2.49. The summed E-state index contributed by atoms with van der Waals surface area (Å²) in [6.07, 6.45) is 6.02. The molecular weight excluding hydrogens is 248 g/mol. The third kappa shape index (κ3) is 2.10. The molecule has 2 aliphatic rings. The van der Waals surface area contributed by atoms with E-state index < -0.39 is 0 Å². The molecule has 98 valence electrons. The number of alkyl halides is 1. The summed E-state index contributed by atoms with van der Waals surface area (Å²) in [6, 6.07) is 2.70. The van der Waals surface area contributed by atoms with E-state index >= 15 is 0 Å².